The van der Waals surface area contributed by atoms with Gasteiger partial charge in [-0.1, -0.05) is 12.1 Å². The minimum atomic E-state index is -0.309. The first-order valence-electron chi connectivity index (χ1n) is 4.95. The monoisotopic (exact) mass is 237 g/mol. The highest BCUT2D eigenvalue weighted by molar-refractivity contribution is 7.08. The Morgan fingerprint density at radius 1 is 1.31 bits per heavy atom. The Balaban J connectivity index is 2.17. The molecule has 1 aromatic carbocycles. The Morgan fingerprint density at radius 3 is 2.75 bits per heavy atom. The van der Waals surface area contributed by atoms with E-state index in [0.29, 0.717) is 5.69 Å². The first kappa shape index (κ1) is 11.1. The van der Waals surface area contributed by atoms with Crippen molar-refractivity contribution in [2.24, 2.45) is 0 Å². The van der Waals surface area contributed by atoms with Crippen LogP contribution in [0.2, 0.25) is 0 Å². The van der Waals surface area contributed by atoms with Gasteiger partial charge in [-0.05, 0) is 34.5 Å². The van der Waals surface area contributed by atoms with Crippen LogP contribution in [0.15, 0.2) is 41.1 Å². The van der Waals surface area contributed by atoms with Gasteiger partial charge in [0.1, 0.15) is 5.82 Å². The number of nitrogens with one attached hydrogen (secondary N) is 1. The second-order valence-electron chi connectivity index (χ2n) is 3.42. The van der Waals surface area contributed by atoms with Crippen LogP contribution in [-0.4, -0.2) is 11.7 Å². The summed E-state index contributed by atoms with van der Waals surface area (Å²) in [7, 11) is 0. The Hall–Kier alpha value is -1.39. The fourth-order valence-electron chi connectivity index (χ4n) is 1.47. The van der Waals surface area contributed by atoms with Gasteiger partial charge in [-0.15, -0.1) is 0 Å². The molecular weight excluding hydrogens is 225 g/mol. The second kappa shape index (κ2) is 5.09. The van der Waals surface area contributed by atoms with Crippen molar-refractivity contribution >= 4 is 17.0 Å². The molecule has 0 aliphatic carbocycles. The van der Waals surface area contributed by atoms with E-state index in [9.17, 15) is 9.50 Å². The fraction of sp³-hybridized carbons (Fsp3) is 0.167. The molecule has 2 rings (SSSR count). The predicted octanol–water partition coefficient (Wildman–Crippen LogP) is 3.03. The number of benzene rings is 1. The Kier molecular flexibility index (Phi) is 3.54. The largest absolute Gasteiger partial charge is 0.394 e. The van der Waals surface area contributed by atoms with Gasteiger partial charge in [-0.3, -0.25) is 0 Å². The Labute approximate surface area is 97.4 Å². The molecule has 2 nitrogen and oxygen atoms in total. The third kappa shape index (κ3) is 2.40. The standard InChI is InChI=1S/C12H12FNOS/c13-10-3-1-2-4-11(10)14-12(7-15)9-5-6-16-8-9/h1-6,8,12,14-15H,7H2. The van der Waals surface area contributed by atoms with E-state index in [1.54, 1.807) is 29.5 Å². The minimum Gasteiger partial charge on any atom is -0.394 e. The van der Waals surface area contributed by atoms with E-state index in [4.69, 9.17) is 0 Å². The lowest BCUT2D eigenvalue weighted by Crippen LogP contribution is -2.14. The lowest BCUT2D eigenvalue weighted by molar-refractivity contribution is 0.276. The van der Waals surface area contributed by atoms with Crippen LogP contribution in [0.1, 0.15) is 11.6 Å². The van der Waals surface area contributed by atoms with Crippen LogP contribution in [0.5, 0.6) is 0 Å². The molecule has 0 saturated carbocycles. The van der Waals surface area contributed by atoms with Crippen molar-refractivity contribution in [2.75, 3.05) is 11.9 Å². The first-order chi connectivity index (χ1) is 7.81. The van der Waals surface area contributed by atoms with Crippen LogP contribution in [0.3, 0.4) is 0 Å². The van der Waals surface area contributed by atoms with E-state index in [1.165, 1.54) is 6.07 Å². The maximum absolute atomic E-state index is 13.4. The molecule has 0 aliphatic heterocycles. The molecular formula is C12H12FNOS. The maximum atomic E-state index is 13.4. The van der Waals surface area contributed by atoms with Gasteiger partial charge in [-0.25, -0.2) is 4.39 Å². The minimum absolute atomic E-state index is 0.0644. The molecule has 0 fully saturated rings. The zero-order valence-electron chi connectivity index (χ0n) is 8.56. The van der Waals surface area contributed by atoms with Gasteiger partial charge in [0.25, 0.3) is 0 Å². The smallest absolute Gasteiger partial charge is 0.146 e. The van der Waals surface area contributed by atoms with Crippen molar-refractivity contribution in [3.8, 4) is 0 Å². The molecule has 0 aliphatic rings. The van der Waals surface area contributed by atoms with Crippen LogP contribution >= 0.6 is 11.3 Å². The third-order valence-corrected chi connectivity index (χ3v) is 3.03. The predicted molar refractivity (Wildman–Crippen MR) is 64.2 cm³/mol. The van der Waals surface area contributed by atoms with Crippen LogP contribution in [0.25, 0.3) is 0 Å². The summed E-state index contributed by atoms with van der Waals surface area (Å²) >= 11 is 1.55. The first-order valence-corrected chi connectivity index (χ1v) is 5.89. The van der Waals surface area contributed by atoms with Gasteiger partial charge < -0.3 is 10.4 Å². The number of halogens is 1. The second-order valence-corrected chi connectivity index (χ2v) is 4.20. The highest BCUT2D eigenvalue weighted by atomic mass is 32.1. The van der Waals surface area contributed by atoms with Crippen LogP contribution in [0, 0.1) is 5.82 Å². The maximum Gasteiger partial charge on any atom is 0.146 e. The normalized spacial score (nSPS) is 12.4. The zero-order chi connectivity index (χ0) is 11.4. The molecule has 0 radical (unpaired) electrons. The summed E-state index contributed by atoms with van der Waals surface area (Å²) in [6.07, 6.45) is 0. The van der Waals surface area contributed by atoms with E-state index in [1.807, 2.05) is 16.8 Å². The average Bonchev–Trinajstić information content (AvgIpc) is 2.81. The summed E-state index contributed by atoms with van der Waals surface area (Å²) in [5.74, 6) is -0.309. The molecule has 2 aromatic rings. The summed E-state index contributed by atoms with van der Waals surface area (Å²) in [5, 5.41) is 16.1. The molecule has 0 saturated heterocycles. The van der Waals surface area contributed by atoms with Crippen LogP contribution in [0.4, 0.5) is 10.1 Å². The number of hydrogen-bond acceptors (Lipinski definition) is 3. The van der Waals surface area contributed by atoms with E-state index < -0.39 is 0 Å². The number of para-hydroxylation sites is 1. The van der Waals surface area contributed by atoms with Crippen molar-refractivity contribution in [2.45, 2.75) is 6.04 Å². The topological polar surface area (TPSA) is 32.3 Å². The quantitative estimate of drug-likeness (QED) is 0.856. The fourth-order valence-corrected chi connectivity index (χ4v) is 2.19. The molecule has 4 heteroatoms. The molecule has 16 heavy (non-hydrogen) atoms. The summed E-state index contributed by atoms with van der Waals surface area (Å²) in [4.78, 5) is 0. The molecule has 1 unspecified atom stereocenters. The summed E-state index contributed by atoms with van der Waals surface area (Å²) < 4.78 is 13.4. The summed E-state index contributed by atoms with van der Waals surface area (Å²) in [6.45, 7) is -0.0644. The SMILES string of the molecule is OCC(Nc1ccccc1F)c1ccsc1. The van der Waals surface area contributed by atoms with Gasteiger partial charge in [0.05, 0.1) is 18.3 Å². The summed E-state index contributed by atoms with van der Waals surface area (Å²) in [6, 6.07) is 8.10. The molecule has 84 valence electrons. The van der Waals surface area contributed by atoms with Crippen LogP contribution < -0.4 is 5.32 Å². The Bertz CT molecular complexity index is 444. The van der Waals surface area contributed by atoms with Gasteiger partial charge in [-0.2, -0.15) is 11.3 Å². The number of rotatable bonds is 4. The van der Waals surface area contributed by atoms with E-state index >= 15 is 0 Å². The molecule has 2 N–H and O–H groups in total. The molecule has 1 aromatic heterocycles. The van der Waals surface area contributed by atoms with Gasteiger partial charge in [0.2, 0.25) is 0 Å². The van der Waals surface area contributed by atoms with E-state index in [-0.39, 0.29) is 18.5 Å². The lowest BCUT2D eigenvalue weighted by Gasteiger charge is -2.16. The van der Waals surface area contributed by atoms with Crippen molar-refractivity contribution in [3.05, 3.63) is 52.5 Å². The average molecular weight is 237 g/mol. The lowest BCUT2D eigenvalue weighted by atomic mass is 10.1. The summed E-state index contributed by atoms with van der Waals surface area (Å²) in [5.41, 5.74) is 1.38. The van der Waals surface area contributed by atoms with Crippen molar-refractivity contribution in [3.63, 3.8) is 0 Å². The third-order valence-electron chi connectivity index (χ3n) is 2.33. The van der Waals surface area contributed by atoms with Gasteiger partial charge in [0, 0.05) is 0 Å². The zero-order valence-corrected chi connectivity index (χ0v) is 9.38. The molecule has 1 atom stereocenters. The van der Waals surface area contributed by atoms with Gasteiger partial charge >= 0.3 is 0 Å². The van der Waals surface area contributed by atoms with Crippen molar-refractivity contribution in [1.29, 1.82) is 0 Å². The number of thiophene rings is 1. The van der Waals surface area contributed by atoms with Crippen LogP contribution in [-0.2, 0) is 0 Å². The highest BCUT2D eigenvalue weighted by Gasteiger charge is 2.12. The molecule has 0 spiro atoms. The van der Waals surface area contributed by atoms with Gasteiger partial charge in [0.15, 0.2) is 0 Å². The number of aliphatic hydroxyl groups excluding tert-OH is 1. The number of hydrogen-bond donors (Lipinski definition) is 2. The highest BCUT2D eigenvalue weighted by Crippen LogP contribution is 2.22. The van der Waals surface area contributed by atoms with E-state index in [0.717, 1.165) is 5.56 Å². The molecule has 1 heterocycles. The van der Waals surface area contributed by atoms with Crippen molar-refractivity contribution in [1.82, 2.24) is 0 Å². The molecule has 0 bridgehead atoms. The molecule has 0 amide bonds. The van der Waals surface area contributed by atoms with Crippen molar-refractivity contribution < 1.29 is 9.50 Å². The Morgan fingerprint density at radius 2 is 2.12 bits per heavy atom. The number of anilines is 1. The number of aliphatic hydroxyl groups is 1. The van der Waals surface area contributed by atoms with E-state index in [2.05, 4.69) is 5.32 Å².